The Bertz CT molecular complexity index is 724. The van der Waals surface area contributed by atoms with Crippen LogP contribution >= 0.6 is 0 Å². The lowest BCUT2D eigenvalue weighted by molar-refractivity contribution is -0.134. The lowest BCUT2D eigenvalue weighted by atomic mass is 9.77. The molecule has 1 aliphatic carbocycles. The van der Waals surface area contributed by atoms with E-state index in [9.17, 15) is 13.2 Å². The van der Waals surface area contributed by atoms with Crippen molar-refractivity contribution in [2.45, 2.75) is 32.3 Å². The molecule has 1 amide bonds. The van der Waals surface area contributed by atoms with Crippen LogP contribution in [0.15, 0.2) is 24.3 Å². The Kier molecular flexibility index (Phi) is 5.46. The van der Waals surface area contributed by atoms with Gasteiger partial charge < -0.3 is 9.64 Å². The fourth-order valence-electron chi connectivity index (χ4n) is 3.40. The molecule has 1 fully saturated rings. The van der Waals surface area contributed by atoms with Crippen LogP contribution in [-0.2, 0) is 26.0 Å². The third-order valence-corrected chi connectivity index (χ3v) is 6.72. The van der Waals surface area contributed by atoms with E-state index < -0.39 is 10.0 Å². The van der Waals surface area contributed by atoms with Crippen molar-refractivity contribution in [3.05, 3.63) is 35.4 Å². The summed E-state index contributed by atoms with van der Waals surface area (Å²) in [6, 6.07) is 8.02. The molecular formula is C18H26N2O4S. The van der Waals surface area contributed by atoms with E-state index in [0.29, 0.717) is 26.2 Å². The molecule has 0 bridgehead atoms. The van der Waals surface area contributed by atoms with Gasteiger partial charge in [-0.2, -0.15) is 4.31 Å². The van der Waals surface area contributed by atoms with Gasteiger partial charge in [0.1, 0.15) is 0 Å². The highest BCUT2D eigenvalue weighted by Crippen LogP contribution is 2.36. The summed E-state index contributed by atoms with van der Waals surface area (Å²) in [6.07, 6.45) is 0.815. The molecular weight excluding hydrogens is 340 g/mol. The van der Waals surface area contributed by atoms with Crippen LogP contribution in [0.25, 0.3) is 0 Å². The average molecular weight is 366 g/mol. The molecule has 0 radical (unpaired) electrons. The Balaban J connectivity index is 1.51. The lowest BCUT2D eigenvalue weighted by Gasteiger charge is -2.38. The van der Waals surface area contributed by atoms with Crippen molar-refractivity contribution < 1.29 is 17.9 Å². The lowest BCUT2D eigenvalue weighted by Crippen LogP contribution is -2.53. The van der Waals surface area contributed by atoms with Crippen molar-refractivity contribution in [1.82, 2.24) is 9.21 Å². The minimum Gasteiger partial charge on any atom is -0.378 e. The van der Waals surface area contributed by atoms with Gasteiger partial charge in [-0.15, -0.1) is 0 Å². The highest BCUT2D eigenvalue weighted by Gasteiger charge is 2.36. The number of carbonyl (C=O) groups excluding carboxylic acids is 1. The van der Waals surface area contributed by atoms with E-state index in [1.807, 2.05) is 32.0 Å². The monoisotopic (exact) mass is 366 g/mol. The van der Waals surface area contributed by atoms with E-state index in [4.69, 9.17) is 4.74 Å². The summed E-state index contributed by atoms with van der Waals surface area (Å²) in [7, 11) is -3.32. The molecule has 1 aliphatic heterocycles. The van der Waals surface area contributed by atoms with Crippen LogP contribution in [0, 0.1) is 0 Å². The van der Waals surface area contributed by atoms with Gasteiger partial charge in [0.15, 0.2) is 0 Å². The summed E-state index contributed by atoms with van der Waals surface area (Å²) < 4.78 is 31.5. The molecule has 1 unspecified atom stereocenters. The van der Waals surface area contributed by atoms with Gasteiger partial charge in [-0.3, -0.25) is 4.79 Å². The standard InChI is InChI=1S/C18H26N2O4S/c1-14(2)24-11-12-25(22,23)20-9-7-19(8-10-20)18(21)17-13-15-5-3-4-6-16(15)17/h3-6,14,17H,7-13H2,1-2H3. The van der Waals surface area contributed by atoms with Crippen LogP contribution in [0.5, 0.6) is 0 Å². The number of benzene rings is 1. The quantitative estimate of drug-likeness (QED) is 0.759. The zero-order valence-corrected chi connectivity index (χ0v) is 15.7. The van der Waals surface area contributed by atoms with Crippen molar-refractivity contribution in [3.63, 3.8) is 0 Å². The molecule has 0 saturated carbocycles. The van der Waals surface area contributed by atoms with Crippen LogP contribution in [-0.4, -0.2) is 68.2 Å². The minimum atomic E-state index is -3.32. The predicted octanol–water partition coefficient (Wildman–Crippen LogP) is 1.23. The molecule has 7 heteroatoms. The summed E-state index contributed by atoms with van der Waals surface area (Å²) in [4.78, 5) is 14.5. The predicted molar refractivity (Wildman–Crippen MR) is 95.9 cm³/mol. The zero-order chi connectivity index (χ0) is 18.0. The SMILES string of the molecule is CC(C)OCCS(=O)(=O)N1CCN(C(=O)C2Cc3ccccc32)CC1. The molecule has 1 heterocycles. The Morgan fingerprint density at radius 3 is 2.52 bits per heavy atom. The van der Waals surface area contributed by atoms with Gasteiger partial charge in [0.25, 0.3) is 0 Å². The number of sulfonamides is 1. The second-order valence-electron chi connectivity index (χ2n) is 6.92. The largest absolute Gasteiger partial charge is 0.378 e. The maximum atomic E-state index is 12.7. The number of fused-ring (bicyclic) bond motifs is 1. The van der Waals surface area contributed by atoms with Crippen molar-refractivity contribution in [2.24, 2.45) is 0 Å². The number of hydrogen-bond acceptors (Lipinski definition) is 4. The fourth-order valence-corrected chi connectivity index (χ4v) is 4.69. The summed E-state index contributed by atoms with van der Waals surface area (Å²) in [5.74, 6) is 0.0625. The molecule has 2 aliphatic rings. The molecule has 1 atom stereocenters. The Labute approximate surface area is 149 Å². The number of piperazine rings is 1. The van der Waals surface area contributed by atoms with E-state index in [1.165, 1.54) is 9.87 Å². The third-order valence-electron chi connectivity index (χ3n) is 4.89. The number of ether oxygens (including phenoxy) is 1. The summed E-state index contributed by atoms with van der Waals surface area (Å²) >= 11 is 0. The highest BCUT2D eigenvalue weighted by atomic mass is 32.2. The molecule has 0 spiro atoms. The van der Waals surface area contributed by atoms with Gasteiger partial charge in [-0.1, -0.05) is 24.3 Å². The van der Waals surface area contributed by atoms with Gasteiger partial charge in [0.05, 0.1) is 24.4 Å². The summed E-state index contributed by atoms with van der Waals surface area (Å²) in [5, 5.41) is 0. The van der Waals surface area contributed by atoms with Crippen molar-refractivity contribution in [2.75, 3.05) is 38.5 Å². The van der Waals surface area contributed by atoms with Crippen LogP contribution in [0.3, 0.4) is 0 Å². The third kappa shape index (κ3) is 4.04. The van der Waals surface area contributed by atoms with Crippen LogP contribution in [0.1, 0.15) is 30.9 Å². The number of nitrogens with zero attached hydrogens (tertiary/aromatic N) is 2. The van der Waals surface area contributed by atoms with E-state index >= 15 is 0 Å². The maximum Gasteiger partial charge on any atom is 0.230 e. The van der Waals surface area contributed by atoms with Crippen LogP contribution in [0.4, 0.5) is 0 Å². The van der Waals surface area contributed by atoms with Crippen molar-refractivity contribution in [1.29, 1.82) is 0 Å². The zero-order valence-electron chi connectivity index (χ0n) is 14.8. The number of carbonyl (C=O) groups is 1. The summed E-state index contributed by atoms with van der Waals surface area (Å²) in [6.45, 7) is 5.63. The minimum absolute atomic E-state index is 0.00483. The molecule has 1 aromatic rings. The van der Waals surface area contributed by atoms with Gasteiger partial charge in [-0.05, 0) is 31.4 Å². The van der Waals surface area contributed by atoms with Crippen LogP contribution in [0.2, 0.25) is 0 Å². The first kappa shape index (κ1) is 18.4. The number of amides is 1. The topological polar surface area (TPSA) is 66.9 Å². The van der Waals surface area contributed by atoms with Crippen molar-refractivity contribution >= 4 is 15.9 Å². The molecule has 25 heavy (non-hydrogen) atoms. The second kappa shape index (κ2) is 7.43. The molecule has 3 rings (SSSR count). The van der Waals surface area contributed by atoms with E-state index in [2.05, 4.69) is 6.07 Å². The van der Waals surface area contributed by atoms with E-state index in [0.717, 1.165) is 12.0 Å². The number of hydrogen-bond donors (Lipinski definition) is 0. The number of rotatable bonds is 6. The van der Waals surface area contributed by atoms with E-state index in [1.54, 1.807) is 4.90 Å². The first-order chi connectivity index (χ1) is 11.9. The normalized spacial score (nSPS) is 21.1. The van der Waals surface area contributed by atoms with E-state index in [-0.39, 0.29) is 30.3 Å². The Hall–Kier alpha value is -1.44. The maximum absolute atomic E-state index is 12.7. The molecule has 1 aromatic carbocycles. The van der Waals surface area contributed by atoms with Crippen LogP contribution < -0.4 is 0 Å². The Morgan fingerprint density at radius 2 is 1.88 bits per heavy atom. The smallest absolute Gasteiger partial charge is 0.230 e. The first-order valence-electron chi connectivity index (χ1n) is 8.84. The average Bonchev–Trinajstić information content (AvgIpc) is 2.55. The Morgan fingerprint density at radius 1 is 1.20 bits per heavy atom. The molecule has 0 aromatic heterocycles. The fraction of sp³-hybridized carbons (Fsp3) is 0.611. The molecule has 138 valence electrons. The summed E-state index contributed by atoms with van der Waals surface area (Å²) in [5.41, 5.74) is 2.36. The van der Waals surface area contributed by atoms with Gasteiger partial charge in [0, 0.05) is 26.2 Å². The van der Waals surface area contributed by atoms with Crippen molar-refractivity contribution in [3.8, 4) is 0 Å². The first-order valence-corrected chi connectivity index (χ1v) is 10.5. The highest BCUT2D eigenvalue weighted by molar-refractivity contribution is 7.89. The molecule has 6 nitrogen and oxygen atoms in total. The molecule has 1 saturated heterocycles. The van der Waals surface area contributed by atoms with Gasteiger partial charge >= 0.3 is 0 Å². The van der Waals surface area contributed by atoms with Gasteiger partial charge in [-0.25, -0.2) is 8.42 Å². The molecule has 0 N–H and O–H groups in total. The van der Waals surface area contributed by atoms with Gasteiger partial charge in [0.2, 0.25) is 15.9 Å². The second-order valence-corrected chi connectivity index (χ2v) is 9.00.